The Labute approximate surface area is 152 Å². The summed E-state index contributed by atoms with van der Waals surface area (Å²) in [5.41, 5.74) is 4.02. The van der Waals surface area contributed by atoms with Crippen molar-refractivity contribution in [3.8, 4) is 11.5 Å². The van der Waals surface area contributed by atoms with Gasteiger partial charge in [-0.15, -0.1) is 0 Å². The third-order valence-electron chi connectivity index (χ3n) is 5.21. The number of carbonyl (C=O) groups is 1. The van der Waals surface area contributed by atoms with Crippen molar-refractivity contribution in [2.75, 3.05) is 14.2 Å². The van der Waals surface area contributed by atoms with Crippen molar-refractivity contribution in [3.63, 3.8) is 0 Å². The van der Waals surface area contributed by atoms with Crippen molar-refractivity contribution in [3.05, 3.63) is 59.3 Å². The third-order valence-corrected chi connectivity index (χ3v) is 5.21. The van der Waals surface area contributed by atoms with Gasteiger partial charge in [0.25, 0.3) is 5.91 Å². The summed E-state index contributed by atoms with van der Waals surface area (Å²) in [6, 6.07) is 13.9. The molecule has 0 saturated heterocycles. The van der Waals surface area contributed by atoms with Gasteiger partial charge in [0, 0.05) is 18.0 Å². The van der Waals surface area contributed by atoms with Gasteiger partial charge in [0.2, 0.25) is 0 Å². The Morgan fingerprint density at radius 1 is 1.12 bits per heavy atom. The van der Waals surface area contributed by atoms with E-state index in [0.29, 0.717) is 11.4 Å². The zero-order valence-electron chi connectivity index (χ0n) is 15.2. The van der Waals surface area contributed by atoms with Crippen LogP contribution in [0.4, 0.5) is 0 Å². The standard InChI is InChI=1S/C21H22N2O3/c1-23-17-7-5-4-6-14(17)10-18(23)21(24)22-16-9-8-13-11-19(25-2)20(26-3)12-15(13)16/h4-7,10-12,16H,8-9H2,1-3H3,(H,22,24). The van der Waals surface area contributed by atoms with Crippen LogP contribution in [-0.2, 0) is 13.5 Å². The Hall–Kier alpha value is -2.95. The van der Waals surface area contributed by atoms with E-state index < -0.39 is 0 Å². The first-order chi connectivity index (χ1) is 12.6. The molecule has 1 amide bonds. The van der Waals surface area contributed by atoms with Crippen LogP contribution in [0, 0.1) is 0 Å². The van der Waals surface area contributed by atoms with Crippen molar-refractivity contribution < 1.29 is 14.3 Å². The highest BCUT2D eigenvalue weighted by molar-refractivity contribution is 5.99. The van der Waals surface area contributed by atoms with Gasteiger partial charge in [-0.3, -0.25) is 4.79 Å². The van der Waals surface area contributed by atoms with Gasteiger partial charge in [0.05, 0.1) is 20.3 Å². The molecular weight excluding hydrogens is 328 g/mol. The van der Waals surface area contributed by atoms with E-state index in [1.165, 1.54) is 5.56 Å². The van der Waals surface area contributed by atoms with Crippen LogP contribution in [0.3, 0.4) is 0 Å². The molecule has 0 radical (unpaired) electrons. The predicted molar refractivity (Wildman–Crippen MR) is 101 cm³/mol. The summed E-state index contributed by atoms with van der Waals surface area (Å²) in [5.74, 6) is 1.36. The largest absolute Gasteiger partial charge is 0.493 e. The molecule has 5 heteroatoms. The summed E-state index contributed by atoms with van der Waals surface area (Å²) < 4.78 is 12.7. The van der Waals surface area contributed by atoms with Crippen LogP contribution in [0.15, 0.2) is 42.5 Å². The highest BCUT2D eigenvalue weighted by atomic mass is 16.5. The smallest absolute Gasteiger partial charge is 0.268 e. The SMILES string of the molecule is COc1cc2c(cc1OC)C(NC(=O)c1cc3ccccc3n1C)CC2. The molecule has 1 unspecified atom stereocenters. The molecule has 0 bridgehead atoms. The summed E-state index contributed by atoms with van der Waals surface area (Å²) in [4.78, 5) is 12.9. The minimum Gasteiger partial charge on any atom is -0.493 e. The van der Waals surface area contributed by atoms with E-state index in [9.17, 15) is 4.79 Å². The summed E-state index contributed by atoms with van der Waals surface area (Å²) in [7, 11) is 5.19. The van der Waals surface area contributed by atoms with E-state index in [0.717, 1.165) is 35.1 Å². The second-order valence-electron chi connectivity index (χ2n) is 6.62. The number of fused-ring (bicyclic) bond motifs is 2. The predicted octanol–water partition coefficient (Wildman–Crippen LogP) is 3.61. The number of carbonyl (C=O) groups excluding carboxylic acids is 1. The van der Waals surface area contributed by atoms with Gasteiger partial charge in [-0.2, -0.15) is 0 Å². The molecule has 3 aromatic rings. The number of aryl methyl sites for hydroxylation is 2. The Kier molecular flexibility index (Phi) is 4.07. The van der Waals surface area contributed by atoms with Crippen LogP contribution in [0.2, 0.25) is 0 Å². The van der Waals surface area contributed by atoms with Crippen molar-refractivity contribution in [1.29, 1.82) is 0 Å². The van der Waals surface area contributed by atoms with Gasteiger partial charge in [-0.05, 0) is 48.2 Å². The number of nitrogens with zero attached hydrogens (tertiary/aromatic N) is 1. The quantitative estimate of drug-likeness (QED) is 0.782. The molecular formula is C21H22N2O3. The molecule has 0 aliphatic heterocycles. The molecule has 0 fully saturated rings. The number of benzene rings is 2. The number of hydrogen-bond acceptors (Lipinski definition) is 3. The minimum atomic E-state index is -0.0589. The summed E-state index contributed by atoms with van der Waals surface area (Å²) in [6.07, 6.45) is 1.79. The molecule has 134 valence electrons. The maximum atomic E-state index is 12.9. The fraction of sp³-hybridized carbons (Fsp3) is 0.286. The van der Waals surface area contributed by atoms with Crippen LogP contribution in [0.25, 0.3) is 10.9 Å². The Bertz CT molecular complexity index is 990. The van der Waals surface area contributed by atoms with E-state index in [1.54, 1.807) is 14.2 Å². The number of amides is 1. The molecule has 1 N–H and O–H groups in total. The monoisotopic (exact) mass is 350 g/mol. The van der Waals surface area contributed by atoms with E-state index in [2.05, 4.69) is 5.32 Å². The Morgan fingerprint density at radius 2 is 1.85 bits per heavy atom. The zero-order chi connectivity index (χ0) is 18.3. The number of rotatable bonds is 4. The maximum absolute atomic E-state index is 12.9. The minimum absolute atomic E-state index is 0.0182. The van der Waals surface area contributed by atoms with Crippen LogP contribution < -0.4 is 14.8 Å². The number of ether oxygens (including phenoxy) is 2. The molecule has 26 heavy (non-hydrogen) atoms. The number of nitrogens with one attached hydrogen (secondary N) is 1. The molecule has 4 rings (SSSR count). The van der Waals surface area contributed by atoms with Crippen LogP contribution >= 0.6 is 0 Å². The maximum Gasteiger partial charge on any atom is 0.268 e. The second-order valence-corrected chi connectivity index (χ2v) is 6.62. The van der Waals surface area contributed by atoms with Gasteiger partial charge in [0.1, 0.15) is 5.69 Å². The first-order valence-electron chi connectivity index (χ1n) is 8.72. The van der Waals surface area contributed by atoms with Crippen molar-refractivity contribution >= 4 is 16.8 Å². The van der Waals surface area contributed by atoms with Crippen LogP contribution in [0.1, 0.15) is 34.1 Å². The van der Waals surface area contributed by atoms with Crippen LogP contribution in [0.5, 0.6) is 11.5 Å². The first kappa shape index (κ1) is 16.5. The zero-order valence-corrected chi connectivity index (χ0v) is 15.2. The Balaban J connectivity index is 1.63. The van der Waals surface area contributed by atoms with Gasteiger partial charge in [-0.1, -0.05) is 18.2 Å². The first-order valence-corrected chi connectivity index (χ1v) is 8.72. The lowest BCUT2D eigenvalue weighted by molar-refractivity contribution is 0.0929. The lowest BCUT2D eigenvalue weighted by Gasteiger charge is -2.16. The fourth-order valence-electron chi connectivity index (χ4n) is 3.82. The molecule has 0 spiro atoms. The number of hydrogen-bond donors (Lipinski definition) is 1. The number of methoxy groups -OCH3 is 2. The van der Waals surface area contributed by atoms with Crippen molar-refractivity contribution in [2.45, 2.75) is 18.9 Å². The molecule has 1 heterocycles. The van der Waals surface area contributed by atoms with Crippen LogP contribution in [-0.4, -0.2) is 24.7 Å². The molecule has 5 nitrogen and oxygen atoms in total. The molecule has 1 aromatic heterocycles. The molecule has 1 aliphatic carbocycles. The van der Waals surface area contributed by atoms with Gasteiger partial charge in [0.15, 0.2) is 11.5 Å². The normalized spacial score (nSPS) is 15.7. The van der Waals surface area contributed by atoms with Crippen molar-refractivity contribution in [1.82, 2.24) is 9.88 Å². The van der Waals surface area contributed by atoms with E-state index >= 15 is 0 Å². The molecule has 0 saturated carbocycles. The van der Waals surface area contributed by atoms with Crippen molar-refractivity contribution in [2.24, 2.45) is 7.05 Å². The number of para-hydroxylation sites is 1. The lowest BCUT2D eigenvalue weighted by atomic mass is 10.1. The third kappa shape index (κ3) is 2.60. The average Bonchev–Trinajstić information content (AvgIpc) is 3.21. The Morgan fingerprint density at radius 3 is 2.58 bits per heavy atom. The van der Waals surface area contributed by atoms with Gasteiger partial charge in [-0.25, -0.2) is 0 Å². The van der Waals surface area contributed by atoms with E-state index in [4.69, 9.17) is 9.47 Å². The highest BCUT2D eigenvalue weighted by Gasteiger charge is 2.27. The summed E-state index contributed by atoms with van der Waals surface area (Å²) in [5, 5.41) is 4.25. The second kappa shape index (κ2) is 6.41. The van der Waals surface area contributed by atoms with E-state index in [-0.39, 0.29) is 11.9 Å². The van der Waals surface area contributed by atoms with E-state index in [1.807, 2.05) is 54.1 Å². The molecule has 2 aromatic carbocycles. The molecule has 1 aliphatic rings. The highest BCUT2D eigenvalue weighted by Crippen LogP contribution is 2.39. The average molecular weight is 350 g/mol. The molecule has 1 atom stereocenters. The lowest BCUT2D eigenvalue weighted by Crippen LogP contribution is -2.28. The number of aromatic nitrogens is 1. The summed E-state index contributed by atoms with van der Waals surface area (Å²) in [6.45, 7) is 0. The van der Waals surface area contributed by atoms with Gasteiger partial charge < -0.3 is 19.4 Å². The summed E-state index contributed by atoms with van der Waals surface area (Å²) >= 11 is 0. The van der Waals surface area contributed by atoms with Gasteiger partial charge >= 0.3 is 0 Å². The topological polar surface area (TPSA) is 52.5 Å². The fourth-order valence-corrected chi connectivity index (χ4v) is 3.82.